The minimum Gasteiger partial charge on any atom is -0.361 e. The third-order valence-corrected chi connectivity index (χ3v) is 4.88. The lowest BCUT2D eigenvalue weighted by Gasteiger charge is -2.18. The fourth-order valence-corrected chi connectivity index (χ4v) is 3.46. The zero-order chi connectivity index (χ0) is 19.2. The maximum absolute atomic E-state index is 12.4. The highest BCUT2D eigenvalue weighted by molar-refractivity contribution is 5.84. The summed E-state index contributed by atoms with van der Waals surface area (Å²) in [4.78, 5) is 15.7. The molecule has 0 spiro atoms. The van der Waals surface area contributed by atoms with Gasteiger partial charge in [0.1, 0.15) is 6.33 Å². The quantitative estimate of drug-likeness (QED) is 0.496. The molecule has 7 heteroatoms. The first-order valence-corrected chi connectivity index (χ1v) is 9.39. The molecular weight excluding hydrogens is 352 g/mol. The van der Waals surface area contributed by atoms with Crippen LogP contribution in [-0.4, -0.2) is 37.6 Å². The van der Waals surface area contributed by atoms with Crippen LogP contribution in [0, 0.1) is 0 Å². The second-order valence-electron chi connectivity index (χ2n) is 6.73. The van der Waals surface area contributed by atoms with Gasteiger partial charge in [0.15, 0.2) is 0 Å². The molecule has 1 atom stereocenters. The molecule has 0 saturated heterocycles. The molecule has 2 aromatic carbocycles. The van der Waals surface area contributed by atoms with Gasteiger partial charge >= 0.3 is 0 Å². The van der Waals surface area contributed by atoms with Crippen LogP contribution in [0.4, 0.5) is 0 Å². The van der Waals surface area contributed by atoms with Crippen molar-refractivity contribution in [3.8, 4) is 0 Å². The number of aromatic amines is 1. The lowest BCUT2D eigenvalue weighted by atomic mass is 9.91. The number of nitrogens with zero attached hydrogens (tertiary/aromatic N) is 4. The first-order valence-electron chi connectivity index (χ1n) is 9.39. The lowest BCUT2D eigenvalue weighted by molar-refractivity contribution is -0.121. The highest BCUT2D eigenvalue weighted by Crippen LogP contribution is 2.30. The Morgan fingerprint density at radius 1 is 1.11 bits per heavy atom. The minimum absolute atomic E-state index is 0.0360. The van der Waals surface area contributed by atoms with E-state index in [-0.39, 0.29) is 11.8 Å². The van der Waals surface area contributed by atoms with E-state index in [0.29, 0.717) is 25.9 Å². The number of H-pyrrole nitrogens is 1. The Morgan fingerprint density at radius 3 is 2.75 bits per heavy atom. The number of hydrogen-bond donors (Lipinski definition) is 2. The number of aromatic nitrogens is 5. The van der Waals surface area contributed by atoms with Gasteiger partial charge < -0.3 is 10.3 Å². The summed E-state index contributed by atoms with van der Waals surface area (Å²) < 4.78 is 1.63. The number of tetrazole rings is 1. The van der Waals surface area contributed by atoms with Gasteiger partial charge in [0.25, 0.3) is 0 Å². The summed E-state index contributed by atoms with van der Waals surface area (Å²) in [5.41, 5.74) is 3.48. The van der Waals surface area contributed by atoms with E-state index in [1.807, 2.05) is 36.5 Å². The van der Waals surface area contributed by atoms with E-state index in [0.717, 1.165) is 5.52 Å². The average molecular weight is 374 g/mol. The van der Waals surface area contributed by atoms with Crippen LogP contribution in [-0.2, 0) is 11.3 Å². The van der Waals surface area contributed by atoms with Crippen LogP contribution in [0.2, 0.25) is 0 Å². The maximum atomic E-state index is 12.4. The van der Waals surface area contributed by atoms with Gasteiger partial charge in [-0.05, 0) is 34.0 Å². The van der Waals surface area contributed by atoms with Crippen LogP contribution in [0.25, 0.3) is 10.9 Å². The Morgan fingerprint density at radius 2 is 1.93 bits per heavy atom. The van der Waals surface area contributed by atoms with Gasteiger partial charge in [0.05, 0.1) is 0 Å². The van der Waals surface area contributed by atoms with Crippen molar-refractivity contribution in [2.75, 3.05) is 6.54 Å². The molecule has 0 unspecified atom stereocenters. The number of para-hydroxylation sites is 1. The Bertz CT molecular complexity index is 1030. The Hall–Kier alpha value is -3.48. The predicted molar refractivity (Wildman–Crippen MR) is 107 cm³/mol. The van der Waals surface area contributed by atoms with E-state index in [4.69, 9.17) is 0 Å². The molecule has 0 fully saturated rings. The van der Waals surface area contributed by atoms with E-state index >= 15 is 0 Å². The van der Waals surface area contributed by atoms with Crippen molar-refractivity contribution in [1.29, 1.82) is 0 Å². The largest absolute Gasteiger partial charge is 0.361 e. The van der Waals surface area contributed by atoms with E-state index in [9.17, 15) is 4.79 Å². The van der Waals surface area contributed by atoms with Gasteiger partial charge in [-0.1, -0.05) is 48.5 Å². The van der Waals surface area contributed by atoms with E-state index in [1.54, 1.807) is 11.0 Å². The summed E-state index contributed by atoms with van der Waals surface area (Å²) in [6.45, 7) is 1.18. The standard InChI is InChI=1S/C21H22N6O/c28-21(11-6-12-27-15-24-25-26-27)23-13-18(16-7-2-1-3-8-16)19-14-22-20-10-5-4-9-17(19)20/h1-5,7-10,14-15,18,22H,6,11-13H2,(H,23,28)/t18-/m1/s1. The molecule has 28 heavy (non-hydrogen) atoms. The molecule has 4 rings (SSSR count). The van der Waals surface area contributed by atoms with Crippen molar-refractivity contribution in [3.05, 3.63) is 78.2 Å². The fourth-order valence-electron chi connectivity index (χ4n) is 3.46. The molecule has 2 heterocycles. The number of fused-ring (bicyclic) bond motifs is 1. The first kappa shape index (κ1) is 17.9. The molecule has 1 amide bonds. The fraction of sp³-hybridized carbons (Fsp3) is 0.238. The maximum Gasteiger partial charge on any atom is 0.220 e. The Labute approximate surface area is 162 Å². The second kappa shape index (κ2) is 8.47. The average Bonchev–Trinajstić information content (AvgIpc) is 3.39. The summed E-state index contributed by atoms with van der Waals surface area (Å²) in [7, 11) is 0. The summed E-state index contributed by atoms with van der Waals surface area (Å²) in [6.07, 6.45) is 4.74. The SMILES string of the molecule is O=C(CCCn1cnnn1)NC[C@H](c1ccccc1)c1c[nH]c2ccccc12. The molecule has 2 N–H and O–H groups in total. The molecular formula is C21H22N6O. The van der Waals surface area contributed by atoms with Crippen molar-refractivity contribution in [3.63, 3.8) is 0 Å². The molecule has 0 saturated carbocycles. The summed E-state index contributed by atoms with van der Waals surface area (Å²) in [5.74, 6) is 0.120. The smallest absolute Gasteiger partial charge is 0.220 e. The molecule has 0 aliphatic heterocycles. The summed E-state index contributed by atoms with van der Waals surface area (Å²) in [6, 6.07) is 18.5. The van der Waals surface area contributed by atoms with Gasteiger partial charge in [0.2, 0.25) is 5.91 Å². The van der Waals surface area contributed by atoms with Crippen LogP contribution in [0.3, 0.4) is 0 Å². The van der Waals surface area contributed by atoms with Gasteiger partial charge in [0, 0.05) is 42.5 Å². The Kier molecular flexibility index (Phi) is 5.42. The number of amides is 1. The van der Waals surface area contributed by atoms with Crippen LogP contribution in [0.15, 0.2) is 67.1 Å². The highest BCUT2D eigenvalue weighted by Gasteiger charge is 2.18. The third-order valence-electron chi connectivity index (χ3n) is 4.88. The number of nitrogens with one attached hydrogen (secondary N) is 2. The van der Waals surface area contributed by atoms with Crippen molar-refractivity contribution < 1.29 is 4.79 Å². The van der Waals surface area contributed by atoms with E-state index in [2.05, 4.69) is 50.1 Å². The highest BCUT2D eigenvalue weighted by atomic mass is 16.1. The number of hydrogen-bond acceptors (Lipinski definition) is 4. The third kappa shape index (κ3) is 4.09. The van der Waals surface area contributed by atoms with E-state index in [1.165, 1.54) is 16.5 Å². The van der Waals surface area contributed by atoms with Gasteiger partial charge in [-0.15, -0.1) is 5.10 Å². The first-order chi connectivity index (χ1) is 13.8. The molecule has 0 radical (unpaired) electrons. The zero-order valence-corrected chi connectivity index (χ0v) is 15.5. The summed E-state index contributed by atoms with van der Waals surface area (Å²) >= 11 is 0. The zero-order valence-electron chi connectivity index (χ0n) is 15.5. The number of aryl methyl sites for hydroxylation is 1. The van der Waals surface area contributed by atoms with Crippen molar-refractivity contribution in [2.45, 2.75) is 25.3 Å². The van der Waals surface area contributed by atoms with E-state index < -0.39 is 0 Å². The van der Waals surface area contributed by atoms with Crippen molar-refractivity contribution >= 4 is 16.8 Å². The number of carbonyl (C=O) groups is 1. The molecule has 0 aliphatic rings. The topological polar surface area (TPSA) is 88.5 Å². The number of carbonyl (C=O) groups excluding carboxylic acids is 1. The van der Waals surface area contributed by atoms with Gasteiger partial charge in [-0.3, -0.25) is 4.79 Å². The second-order valence-corrected chi connectivity index (χ2v) is 6.73. The monoisotopic (exact) mass is 374 g/mol. The molecule has 2 aromatic heterocycles. The van der Waals surface area contributed by atoms with Crippen LogP contribution < -0.4 is 5.32 Å². The molecule has 0 bridgehead atoms. The molecule has 142 valence electrons. The summed E-state index contributed by atoms with van der Waals surface area (Å²) in [5, 5.41) is 15.3. The van der Waals surface area contributed by atoms with Crippen molar-refractivity contribution in [2.24, 2.45) is 0 Å². The lowest BCUT2D eigenvalue weighted by Crippen LogP contribution is -2.28. The normalized spacial score (nSPS) is 12.1. The predicted octanol–water partition coefficient (Wildman–Crippen LogP) is 2.88. The Balaban J connectivity index is 1.45. The van der Waals surface area contributed by atoms with Crippen LogP contribution in [0.5, 0.6) is 0 Å². The minimum atomic E-state index is 0.0360. The van der Waals surface area contributed by atoms with Crippen molar-refractivity contribution in [1.82, 2.24) is 30.5 Å². The molecule has 7 nitrogen and oxygen atoms in total. The van der Waals surface area contributed by atoms with Gasteiger partial charge in [-0.2, -0.15) is 0 Å². The number of rotatable bonds is 8. The van der Waals surface area contributed by atoms with Crippen LogP contribution in [0.1, 0.15) is 29.9 Å². The van der Waals surface area contributed by atoms with Crippen LogP contribution >= 0.6 is 0 Å². The molecule has 4 aromatic rings. The number of benzene rings is 2. The van der Waals surface area contributed by atoms with Gasteiger partial charge in [-0.25, -0.2) is 4.68 Å². The molecule has 0 aliphatic carbocycles.